The van der Waals surface area contributed by atoms with E-state index in [1.54, 1.807) is 38.5 Å². The first kappa shape index (κ1) is 24.3. The molecule has 1 amide bonds. The second-order valence-corrected chi connectivity index (χ2v) is 10.5. The Bertz CT molecular complexity index is 1440. The van der Waals surface area contributed by atoms with Gasteiger partial charge in [-0.3, -0.25) is 4.79 Å². The lowest BCUT2D eigenvalue weighted by Crippen LogP contribution is -2.29. The average molecular weight is 493 g/mol. The third-order valence-electron chi connectivity index (χ3n) is 5.92. The Morgan fingerprint density at radius 1 is 0.943 bits per heavy atom. The third-order valence-corrected chi connectivity index (χ3v) is 6.77. The second-order valence-electron chi connectivity index (χ2n) is 8.40. The van der Waals surface area contributed by atoms with Gasteiger partial charge < -0.3 is 19.8 Å². The molecule has 0 aliphatic rings. The fraction of sp³-hybridized carbons (Fsp3) is 0.222. The molecule has 2 N–H and O–H groups in total. The maximum absolute atomic E-state index is 13.0. The first-order valence-corrected chi connectivity index (χ1v) is 13.2. The number of carbonyl (C=O) groups excluding carboxylic acids is 1. The summed E-state index contributed by atoms with van der Waals surface area (Å²) in [5.74, 6) is 0.701. The lowest BCUT2D eigenvalue weighted by molar-refractivity contribution is 0.0952. The van der Waals surface area contributed by atoms with Crippen LogP contribution in [0, 0.1) is 0 Å². The quantitative estimate of drug-likeness (QED) is 0.363. The number of benzene rings is 3. The van der Waals surface area contributed by atoms with Crippen LogP contribution in [0.15, 0.2) is 72.9 Å². The standard InChI is InChI=1S/C27H28N2O5S/c1-33-25-10-6-8-21(26(25)34-2)23(22-15-28-24-9-5-4-7-20(22)24)16-29-27(30)19-13-11-18(12-14-19)17-35(3,31)32/h4-15,23,28H,16-17H2,1-3H3,(H,29,30). The van der Waals surface area contributed by atoms with Gasteiger partial charge >= 0.3 is 0 Å². The highest BCUT2D eigenvalue weighted by molar-refractivity contribution is 7.89. The van der Waals surface area contributed by atoms with Crippen molar-refractivity contribution in [3.05, 3.63) is 95.2 Å². The fourth-order valence-electron chi connectivity index (χ4n) is 4.31. The van der Waals surface area contributed by atoms with Gasteiger partial charge in [0.05, 0.1) is 20.0 Å². The number of amides is 1. The van der Waals surface area contributed by atoms with E-state index < -0.39 is 9.84 Å². The minimum absolute atomic E-state index is 0.0623. The van der Waals surface area contributed by atoms with Crippen molar-refractivity contribution in [1.29, 1.82) is 0 Å². The van der Waals surface area contributed by atoms with Gasteiger partial charge in [0.25, 0.3) is 5.91 Å². The SMILES string of the molecule is COc1cccc(C(CNC(=O)c2ccc(CS(C)(=O)=O)cc2)c2c[nH]c3ccccc23)c1OC. The highest BCUT2D eigenvalue weighted by Gasteiger charge is 2.24. The van der Waals surface area contributed by atoms with E-state index in [2.05, 4.69) is 10.3 Å². The van der Waals surface area contributed by atoms with Gasteiger partial charge in [0, 0.05) is 46.9 Å². The predicted molar refractivity (Wildman–Crippen MR) is 137 cm³/mol. The topological polar surface area (TPSA) is 97.5 Å². The van der Waals surface area contributed by atoms with Crippen LogP contribution in [0.5, 0.6) is 11.5 Å². The van der Waals surface area contributed by atoms with Crippen molar-refractivity contribution in [2.45, 2.75) is 11.7 Å². The maximum atomic E-state index is 13.0. The van der Waals surface area contributed by atoms with E-state index in [0.717, 1.165) is 22.0 Å². The summed E-state index contributed by atoms with van der Waals surface area (Å²) in [4.78, 5) is 16.3. The molecule has 7 nitrogen and oxygen atoms in total. The largest absolute Gasteiger partial charge is 0.493 e. The smallest absolute Gasteiger partial charge is 0.251 e. The molecule has 3 aromatic carbocycles. The Kier molecular flexibility index (Phi) is 7.12. The Morgan fingerprint density at radius 2 is 1.69 bits per heavy atom. The molecular formula is C27H28N2O5S. The number of hydrogen-bond donors (Lipinski definition) is 2. The van der Waals surface area contributed by atoms with Crippen LogP contribution < -0.4 is 14.8 Å². The zero-order chi connectivity index (χ0) is 25.0. The Hall–Kier alpha value is -3.78. The summed E-state index contributed by atoms with van der Waals surface area (Å²) >= 11 is 0. The number of para-hydroxylation sites is 2. The van der Waals surface area contributed by atoms with Crippen LogP contribution in [-0.2, 0) is 15.6 Å². The highest BCUT2D eigenvalue weighted by atomic mass is 32.2. The minimum Gasteiger partial charge on any atom is -0.493 e. The number of rotatable bonds is 9. The number of aromatic nitrogens is 1. The number of methoxy groups -OCH3 is 2. The molecule has 4 rings (SSSR count). The molecule has 8 heteroatoms. The van der Waals surface area contributed by atoms with Crippen molar-refractivity contribution in [2.75, 3.05) is 27.0 Å². The summed E-state index contributed by atoms with van der Waals surface area (Å²) in [5.41, 5.74) is 4.01. The van der Waals surface area contributed by atoms with Crippen molar-refractivity contribution in [3.63, 3.8) is 0 Å². The van der Waals surface area contributed by atoms with Crippen LogP contribution in [0.4, 0.5) is 0 Å². The van der Waals surface area contributed by atoms with Crippen molar-refractivity contribution in [1.82, 2.24) is 10.3 Å². The Labute approximate surface area is 205 Å². The normalized spacial score (nSPS) is 12.3. The van der Waals surface area contributed by atoms with E-state index in [-0.39, 0.29) is 17.6 Å². The molecule has 0 spiro atoms. The van der Waals surface area contributed by atoms with Crippen LogP contribution in [-0.4, -0.2) is 46.3 Å². The number of hydrogen-bond acceptors (Lipinski definition) is 5. The number of aromatic amines is 1. The summed E-state index contributed by atoms with van der Waals surface area (Å²) in [7, 11) is 0.0527. The molecule has 182 valence electrons. The van der Waals surface area contributed by atoms with Gasteiger partial charge in [-0.2, -0.15) is 0 Å². The summed E-state index contributed by atoms with van der Waals surface area (Å²) in [6.45, 7) is 0.315. The monoisotopic (exact) mass is 492 g/mol. The van der Waals surface area contributed by atoms with Crippen LogP contribution in [0.3, 0.4) is 0 Å². The fourth-order valence-corrected chi connectivity index (χ4v) is 5.11. The number of ether oxygens (including phenoxy) is 2. The summed E-state index contributed by atoms with van der Waals surface area (Å²) in [6.07, 6.45) is 3.14. The number of fused-ring (bicyclic) bond motifs is 1. The van der Waals surface area contributed by atoms with E-state index in [9.17, 15) is 13.2 Å². The van der Waals surface area contributed by atoms with Gasteiger partial charge in [-0.25, -0.2) is 8.42 Å². The zero-order valence-electron chi connectivity index (χ0n) is 19.9. The van der Waals surface area contributed by atoms with Crippen molar-refractivity contribution >= 4 is 26.6 Å². The van der Waals surface area contributed by atoms with Crippen LogP contribution in [0.2, 0.25) is 0 Å². The van der Waals surface area contributed by atoms with Gasteiger partial charge in [0.1, 0.15) is 0 Å². The van der Waals surface area contributed by atoms with E-state index >= 15 is 0 Å². The molecule has 1 atom stereocenters. The lowest BCUT2D eigenvalue weighted by Gasteiger charge is -2.22. The third kappa shape index (κ3) is 5.49. The molecule has 4 aromatic rings. The molecule has 1 aromatic heterocycles. The highest BCUT2D eigenvalue weighted by Crippen LogP contribution is 2.40. The number of carbonyl (C=O) groups is 1. The summed E-state index contributed by atoms with van der Waals surface area (Å²) in [6, 6.07) is 20.3. The molecule has 0 radical (unpaired) electrons. The van der Waals surface area contributed by atoms with Gasteiger partial charge in [0.2, 0.25) is 0 Å². The predicted octanol–water partition coefficient (Wildman–Crippen LogP) is 4.29. The molecule has 1 unspecified atom stereocenters. The summed E-state index contributed by atoms with van der Waals surface area (Å²) in [5, 5.41) is 4.10. The van der Waals surface area contributed by atoms with Crippen molar-refractivity contribution in [3.8, 4) is 11.5 Å². The average Bonchev–Trinajstić information content (AvgIpc) is 3.27. The molecule has 0 fully saturated rings. The number of H-pyrrole nitrogens is 1. The maximum Gasteiger partial charge on any atom is 0.251 e. The van der Waals surface area contributed by atoms with E-state index in [4.69, 9.17) is 9.47 Å². The lowest BCUT2D eigenvalue weighted by atomic mass is 9.89. The summed E-state index contributed by atoms with van der Waals surface area (Å²) < 4.78 is 34.3. The van der Waals surface area contributed by atoms with E-state index in [0.29, 0.717) is 29.2 Å². The number of sulfone groups is 1. The van der Waals surface area contributed by atoms with Crippen LogP contribution >= 0.6 is 0 Å². The van der Waals surface area contributed by atoms with Crippen molar-refractivity contribution in [2.24, 2.45) is 0 Å². The second kappa shape index (κ2) is 10.2. The molecular weight excluding hydrogens is 464 g/mol. The molecule has 0 aliphatic heterocycles. The van der Waals surface area contributed by atoms with Gasteiger partial charge in [-0.05, 0) is 35.4 Å². The molecule has 0 aliphatic carbocycles. The zero-order valence-corrected chi connectivity index (χ0v) is 20.7. The first-order chi connectivity index (χ1) is 16.8. The Balaban J connectivity index is 1.65. The van der Waals surface area contributed by atoms with Gasteiger partial charge in [-0.15, -0.1) is 0 Å². The first-order valence-electron chi connectivity index (χ1n) is 11.1. The molecule has 1 heterocycles. The van der Waals surface area contributed by atoms with Gasteiger partial charge in [0.15, 0.2) is 21.3 Å². The molecule has 0 saturated heterocycles. The van der Waals surface area contributed by atoms with Crippen LogP contribution in [0.25, 0.3) is 10.9 Å². The molecule has 0 bridgehead atoms. The van der Waals surface area contributed by atoms with Gasteiger partial charge in [-0.1, -0.05) is 42.5 Å². The van der Waals surface area contributed by atoms with E-state index in [1.165, 1.54) is 6.26 Å². The molecule has 0 saturated carbocycles. The molecule has 35 heavy (non-hydrogen) atoms. The van der Waals surface area contributed by atoms with Crippen molar-refractivity contribution < 1.29 is 22.7 Å². The Morgan fingerprint density at radius 3 is 2.37 bits per heavy atom. The van der Waals surface area contributed by atoms with Crippen LogP contribution in [0.1, 0.15) is 33.0 Å². The van der Waals surface area contributed by atoms with E-state index in [1.807, 2.05) is 48.7 Å². The number of nitrogens with one attached hydrogen (secondary N) is 2. The minimum atomic E-state index is -3.14.